The van der Waals surface area contributed by atoms with Crippen molar-refractivity contribution in [2.75, 3.05) is 28.4 Å². The highest BCUT2D eigenvalue weighted by molar-refractivity contribution is 7.40. The lowest BCUT2D eigenvalue weighted by Gasteiger charge is -2.47. The van der Waals surface area contributed by atoms with Crippen molar-refractivity contribution >= 4 is 17.2 Å². The topological polar surface area (TPSA) is 72.2 Å². The van der Waals surface area contributed by atoms with Crippen molar-refractivity contribution in [1.29, 1.82) is 0 Å². The molecule has 28 heavy (non-hydrogen) atoms. The molecule has 0 aliphatic heterocycles. The SMILES string of the molecule is CCC(OC)(OC)PC(C)C(C)C(N)(OC(C)C)C(C)PC(CC)(OC)OC. The molecule has 0 saturated carbocycles. The van der Waals surface area contributed by atoms with E-state index in [9.17, 15) is 0 Å². The van der Waals surface area contributed by atoms with Gasteiger partial charge in [-0.1, -0.05) is 51.8 Å². The monoisotopic (exact) mass is 441 g/mol. The number of hydrogen-bond donors (Lipinski definition) is 1. The summed E-state index contributed by atoms with van der Waals surface area (Å²) in [4.78, 5) is 0. The molecule has 170 valence electrons. The predicted octanol–water partition coefficient (Wildman–Crippen LogP) is 4.55. The average Bonchev–Trinajstić information content (AvgIpc) is 2.68. The maximum atomic E-state index is 7.00. The summed E-state index contributed by atoms with van der Waals surface area (Å²) in [6.45, 7) is 14.7. The van der Waals surface area contributed by atoms with E-state index in [2.05, 4.69) is 34.6 Å². The minimum absolute atomic E-state index is 0.0112. The van der Waals surface area contributed by atoms with Crippen molar-refractivity contribution in [3.05, 3.63) is 0 Å². The number of nitrogens with two attached hydrogens (primary N) is 1. The first-order valence-electron chi connectivity index (χ1n) is 10.2. The normalized spacial score (nSPS) is 19.6. The van der Waals surface area contributed by atoms with Crippen molar-refractivity contribution in [3.63, 3.8) is 0 Å². The minimum atomic E-state index is -0.822. The highest BCUT2D eigenvalue weighted by Gasteiger charge is 2.47. The Kier molecular flexibility index (Phi) is 12.7. The van der Waals surface area contributed by atoms with Gasteiger partial charge in [0.1, 0.15) is 5.72 Å². The van der Waals surface area contributed by atoms with Crippen LogP contribution in [0, 0.1) is 5.92 Å². The molecule has 0 amide bonds. The molecule has 0 heterocycles. The van der Waals surface area contributed by atoms with Gasteiger partial charge in [0.15, 0.2) is 11.1 Å². The summed E-state index contributed by atoms with van der Waals surface area (Å²) >= 11 is 0. The van der Waals surface area contributed by atoms with Crippen molar-refractivity contribution in [2.45, 2.75) is 95.5 Å². The smallest absolute Gasteiger partial charge is 0.183 e. The van der Waals surface area contributed by atoms with E-state index >= 15 is 0 Å². The molecule has 0 aromatic rings. The van der Waals surface area contributed by atoms with Crippen LogP contribution in [0.2, 0.25) is 0 Å². The number of methoxy groups -OCH3 is 4. The zero-order chi connectivity index (χ0) is 22.2. The van der Waals surface area contributed by atoms with Gasteiger partial charge in [-0.15, -0.1) is 0 Å². The van der Waals surface area contributed by atoms with Crippen LogP contribution in [-0.4, -0.2) is 62.6 Å². The van der Waals surface area contributed by atoms with Crippen molar-refractivity contribution in [2.24, 2.45) is 11.7 Å². The Morgan fingerprint density at radius 2 is 1.14 bits per heavy atom. The fourth-order valence-corrected chi connectivity index (χ4v) is 6.80. The summed E-state index contributed by atoms with van der Waals surface area (Å²) in [7, 11) is 7.56. The number of hydrogen-bond acceptors (Lipinski definition) is 6. The zero-order valence-electron chi connectivity index (χ0n) is 19.8. The molecule has 0 aliphatic rings. The van der Waals surface area contributed by atoms with Gasteiger partial charge in [0.05, 0.1) is 6.10 Å². The Bertz CT molecular complexity index is 416. The van der Waals surface area contributed by atoms with Crippen LogP contribution in [-0.2, 0) is 23.7 Å². The Balaban J connectivity index is 5.72. The number of ether oxygens (including phenoxy) is 5. The maximum absolute atomic E-state index is 7.00. The van der Waals surface area contributed by atoms with Crippen LogP contribution in [0.5, 0.6) is 0 Å². The van der Waals surface area contributed by atoms with E-state index in [4.69, 9.17) is 29.4 Å². The molecule has 0 saturated heterocycles. The van der Waals surface area contributed by atoms with Crippen molar-refractivity contribution < 1.29 is 23.7 Å². The summed E-state index contributed by atoms with van der Waals surface area (Å²) in [5, 5.41) is 0. The van der Waals surface area contributed by atoms with Gasteiger partial charge in [-0.25, -0.2) is 0 Å². The van der Waals surface area contributed by atoms with Gasteiger partial charge in [-0.05, 0) is 19.5 Å². The second-order valence-electron chi connectivity index (χ2n) is 7.64. The molecule has 0 aromatic heterocycles. The Labute approximate surface area is 176 Å². The van der Waals surface area contributed by atoms with E-state index < -0.39 is 16.8 Å². The molecule has 0 aromatic carbocycles. The second kappa shape index (κ2) is 12.5. The molecule has 2 N–H and O–H groups in total. The molecule has 0 radical (unpaired) electrons. The van der Waals surface area contributed by atoms with E-state index in [1.54, 1.807) is 28.4 Å². The van der Waals surface area contributed by atoms with E-state index in [0.717, 1.165) is 12.8 Å². The van der Waals surface area contributed by atoms with E-state index in [-0.39, 0.29) is 23.3 Å². The molecular formula is C20H45NO5P2. The highest BCUT2D eigenvalue weighted by Crippen LogP contribution is 2.50. The Morgan fingerprint density at radius 1 is 0.750 bits per heavy atom. The molecule has 0 bridgehead atoms. The third kappa shape index (κ3) is 7.10. The molecule has 0 spiro atoms. The molecule has 0 fully saturated rings. The first kappa shape index (κ1) is 28.6. The van der Waals surface area contributed by atoms with Gasteiger partial charge in [0, 0.05) is 52.9 Å². The van der Waals surface area contributed by atoms with Crippen LogP contribution >= 0.6 is 17.2 Å². The van der Waals surface area contributed by atoms with Gasteiger partial charge < -0.3 is 29.4 Å². The largest absolute Gasteiger partial charge is 0.357 e. The molecular weight excluding hydrogens is 396 g/mol. The predicted molar refractivity (Wildman–Crippen MR) is 122 cm³/mol. The van der Waals surface area contributed by atoms with Gasteiger partial charge >= 0.3 is 0 Å². The molecule has 6 atom stereocenters. The van der Waals surface area contributed by atoms with Crippen molar-refractivity contribution in [3.8, 4) is 0 Å². The second-order valence-corrected chi connectivity index (χ2v) is 11.5. The summed E-state index contributed by atoms with van der Waals surface area (Å²) in [5.74, 6) is 0.0789. The lowest BCUT2D eigenvalue weighted by atomic mass is 9.92. The Hall–Kier alpha value is 0.620. The summed E-state index contributed by atoms with van der Waals surface area (Å²) in [6.07, 6.45) is 1.54. The van der Waals surface area contributed by atoms with Crippen LogP contribution in [0.4, 0.5) is 0 Å². The van der Waals surface area contributed by atoms with E-state index in [1.165, 1.54) is 0 Å². The first-order valence-corrected chi connectivity index (χ1v) is 12.3. The fraction of sp³-hybridized carbons (Fsp3) is 1.00. The lowest BCUT2D eigenvalue weighted by Crippen LogP contribution is -2.59. The lowest BCUT2D eigenvalue weighted by molar-refractivity contribution is -0.145. The molecule has 8 heteroatoms. The number of rotatable bonds is 15. The molecule has 0 rings (SSSR count). The van der Waals surface area contributed by atoms with Gasteiger partial charge in [0.2, 0.25) is 0 Å². The van der Waals surface area contributed by atoms with E-state index in [0.29, 0.717) is 17.2 Å². The summed E-state index contributed by atoms with van der Waals surface area (Å²) < 4.78 is 29.2. The summed E-state index contributed by atoms with van der Waals surface area (Å²) in [5.41, 5.74) is 5.25. The fourth-order valence-electron chi connectivity index (χ4n) is 3.50. The standard InChI is InChI=1S/C20H45NO5P2/c1-12-18(22-8,23-9)27-16(6)15(5)20(21,26-14(3)4)17(7)28-19(13-2,24-10)25-11/h14-17,27-28H,12-13,21H2,1-11H3. The molecule has 6 nitrogen and oxygen atoms in total. The third-order valence-electron chi connectivity index (χ3n) is 5.71. The third-order valence-corrected chi connectivity index (χ3v) is 9.95. The van der Waals surface area contributed by atoms with Crippen LogP contribution in [0.25, 0.3) is 0 Å². The minimum Gasteiger partial charge on any atom is -0.357 e. The van der Waals surface area contributed by atoms with Crippen LogP contribution in [0.3, 0.4) is 0 Å². The van der Waals surface area contributed by atoms with E-state index in [1.807, 2.05) is 13.8 Å². The summed E-state index contributed by atoms with van der Waals surface area (Å²) in [6, 6.07) is 0. The zero-order valence-corrected chi connectivity index (χ0v) is 21.8. The van der Waals surface area contributed by atoms with Gasteiger partial charge in [-0.2, -0.15) is 0 Å². The van der Waals surface area contributed by atoms with Crippen LogP contribution < -0.4 is 5.73 Å². The highest BCUT2D eigenvalue weighted by atomic mass is 31.1. The van der Waals surface area contributed by atoms with Gasteiger partial charge in [-0.3, -0.25) is 0 Å². The molecule has 0 aliphatic carbocycles. The average molecular weight is 442 g/mol. The first-order chi connectivity index (χ1) is 12.9. The quantitative estimate of drug-likeness (QED) is 0.297. The van der Waals surface area contributed by atoms with Crippen LogP contribution in [0.15, 0.2) is 0 Å². The van der Waals surface area contributed by atoms with Crippen LogP contribution in [0.1, 0.15) is 61.3 Å². The molecule has 6 unspecified atom stereocenters. The van der Waals surface area contributed by atoms with Crippen molar-refractivity contribution in [1.82, 2.24) is 0 Å². The Morgan fingerprint density at radius 3 is 1.46 bits per heavy atom. The van der Waals surface area contributed by atoms with Gasteiger partial charge in [0.25, 0.3) is 0 Å². The maximum Gasteiger partial charge on any atom is 0.183 e.